The number of hydrogen-bond donors (Lipinski definition) is 2. The number of likely N-dealkylation sites (tertiary alicyclic amines) is 1. The third-order valence-electron chi connectivity index (χ3n) is 4.31. The molecule has 126 valence electrons. The number of benzene rings is 1. The minimum Gasteiger partial charge on any atom is -0.481 e. The summed E-state index contributed by atoms with van der Waals surface area (Å²) < 4.78 is 5.73. The highest BCUT2D eigenvalue weighted by Gasteiger charge is 2.29. The summed E-state index contributed by atoms with van der Waals surface area (Å²) in [7, 11) is 0. The largest absolute Gasteiger partial charge is 0.481 e. The van der Waals surface area contributed by atoms with Crippen LogP contribution in [0.25, 0.3) is 0 Å². The number of aryl methyl sites for hydroxylation is 1. The van der Waals surface area contributed by atoms with Gasteiger partial charge < -0.3 is 9.64 Å². The van der Waals surface area contributed by atoms with Crippen LogP contribution in [-0.4, -0.2) is 35.9 Å². The lowest BCUT2D eigenvalue weighted by atomic mass is 9.96. The van der Waals surface area contributed by atoms with E-state index >= 15 is 0 Å². The monoisotopic (exact) mass is 319 g/mol. The summed E-state index contributed by atoms with van der Waals surface area (Å²) >= 11 is 0. The van der Waals surface area contributed by atoms with Crippen molar-refractivity contribution in [1.82, 2.24) is 10.3 Å². The number of carbonyl (C=O) groups is 2. The second-order valence-electron chi connectivity index (χ2n) is 5.87. The van der Waals surface area contributed by atoms with Gasteiger partial charge in [0.25, 0.3) is 5.91 Å². The summed E-state index contributed by atoms with van der Waals surface area (Å²) in [5, 5.41) is 0. The SMILES string of the molecule is CCc1ccc(OC(C)C(=O)N2CCC(C(=O)NN)CC2)cc1. The van der Waals surface area contributed by atoms with Crippen LogP contribution in [0.1, 0.15) is 32.3 Å². The van der Waals surface area contributed by atoms with Crippen LogP contribution < -0.4 is 16.0 Å². The lowest BCUT2D eigenvalue weighted by Crippen LogP contribution is -2.47. The Labute approximate surface area is 136 Å². The van der Waals surface area contributed by atoms with E-state index in [9.17, 15) is 9.59 Å². The normalized spacial score (nSPS) is 16.7. The molecule has 1 atom stereocenters. The van der Waals surface area contributed by atoms with Crippen molar-refractivity contribution in [3.05, 3.63) is 29.8 Å². The molecule has 23 heavy (non-hydrogen) atoms. The fourth-order valence-electron chi connectivity index (χ4n) is 2.80. The first-order chi connectivity index (χ1) is 11.0. The van der Waals surface area contributed by atoms with Gasteiger partial charge in [-0.25, -0.2) is 5.84 Å². The molecular formula is C17H25N3O3. The van der Waals surface area contributed by atoms with E-state index in [2.05, 4.69) is 12.3 Å². The molecule has 1 fully saturated rings. The van der Waals surface area contributed by atoms with Gasteiger partial charge in [-0.15, -0.1) is 0 Å². The van der Waals surface area contributed by atoms with Gasteiger partial charge in [-0.3, -0.25) is 15.0 Å². The van der Waals surface area contributed by atoms with Crippen molar-refractivity contribution in [1.29, 1.82) is 0 Å². The zero-order valence-electron chi connectivity index (χ0n) is 13.7. The van der Waals surface area contributed by atoms with Gasteiger partial charge in [-0.05, 0) is 43.9 Å². The molecule has 1 aliphatic heterocycles. The summed E-state index contributed by atoms with van der Waals surface area (Å²) in [6.45, 7) is 4.96. The standard InChI is InChI=1S/C17H25N3O3/c1-3-13-4-6-15(7-5-13)23-12(2)17(22)20-10-8-14(9-11-20)16(21)19-18/h4-7,12,14H,3,8-11,18H2,1-2H3,(H,19,21). The molecule has 6 heteroatoms. The Morgan fingerprint density at radius 3 is 2.43 bits per heavy atom. The van der Waals surface area contributed by atoms with E-state index in [0.29, 0.717) is 31.7 Å². The highest BCUT2D eigenvalue weighted by molar-refractivity contribution is 5.82. The molecule has 1 aromatic rings. The number of nitrogens with two attached hydrogens (primary N) is 1. The van der Waals surface area contributed by atoms with Gasteiger partial charge in [-0.2, -0.15) is 0 Å². The molecule has 0 bridgehead atoms. The van der Waals surface area contributed by atoms with Crippen molar-refractivity contribution in [3.63, 3.8) is 0 Å². The Hall–Kier alpha value is -2.08. The number of nitrogens with one attached hydrogen (secondary N) is 1. The van der Waals surface area contributed by atoms with Crippen molar-refractivity contribution >= 4 is 11.8 Å². The van der Waals surface area contributed by atoms with Gasteiger partial charge in [0.15, 0.2) is 6.10 Å². The summed E-state index contributed by atoms with van der Waals surface area (Å²) in [6.07, 6.45) is 1.70. The molecule has 2 rings (SSSR count). The minimum absolute atomic E-state index is 0.0452. The van der Waals surface area contributed by atoms with E-state index in [4.69, 9.17) is 10.6 Å². The number of hydrogen-bond acceptors (Lipinski definition) is 4. The van der Waals surface area contributed by atoms with Gasteiger partial charge in [-0.1, -0.05) is 19.1 Å². The van der Waals surface area contributed by atoms with Crippen molar-refractivity contribution < 1.29 is 14.3 Å². The van der Waals surface area contributed by atoms with E-state index in [1.54, 1.807) is 11.8 Å². The smallest absolute Gasteiger partial charge is 0.263 e. The van der Waals surface area contributed by atoms with Crippen LogP contribution in [0.5, 0.6) is 5.75 Å². The average Bonchev–Trinajstić information content (AvgIpc) is 2.61. The fourth-order valence-corrected chi connectivity index (χ4v) is 2.80. The van der Waals surface area contributed by atoms with Gasteiger partial charge in [0.1, 0.15) is 5.75 Å². The Balaban J connectivity index is 1.86. The summed E-state index contributed by atoms with van der Waals surface area (Å²) in [5.74, 6) is 5.54. The number of nitrogens with zero attached hydrogens (tertiary/aromatic N) is 1. The molecule has 2 amide bonds. The van der Waals surface area contributed by atoms with Crippen LogP contribution in [0.4, 0.5) is 0 Å². The van der Waals surface area contributed by atoms with Crippen molar-refractivity contribution in [3.8, 4) is 5.75 Å². The van der Waals surface area contributed by atoms with Gasteiger partial charge in [0.05, 0.1) is 0 Å². The Morgan fingerprint density at radius 2 is 1.91 bits per heavy atom. The van der Waals surface area contributed by atoms with E-state index in [1.807, 2.05) is 24.3 Å². The fraction of sp³-hybridized carbons (Fsp3) is 0.529. The molecular weight excluding hydrogens is 294 g/mol. The second kappa shape index (κ2) is 7.97. The van der Waals surface area contributed by atoms with E-state index in [-0.39, 0.29) is 17.7 Å². The lowest BCUT2D eigenvalue weighted by molar-refractivity contribution is -0.141. The minimum atomic E-state index is -0.539. The molecule has 0 aromatic heterocycles. The predicted molar refractivity (Wildman–Crippen MR) is 87.5 cm³/mol. The van der Waals surface area contributed by atoms with Gasteiger partial charge in [0.2, 0.25) is 5.91 Å². The van der Waals surface area contributed by atoms with Crippen LogP contribution >= 0.6 is 0 Å². The van der Waals surface area contributed by atoms with Crippen molar-refractivity contribution in [2.75, 3.05) is 13.1 Å². The number of carbonyl (C=O) groups excluding carboxylic acids is 2. The molecule has 0 saturated carbocycles. The summed E-state index contributed by atoms with van der Waals surface area (Å²) in [6, 6.07) is 7.79. The Kier molecular flexibility index (Phi) is 5.98. The first-order valence-electron chi connectivity index (χ1n) is 8.10. The van der Waals surface area contributed by atoms with Crippen molar-refractivity contribution in [2.24, 2.45) is 11.8 Å². The zero-order chi connectivity index (χ0) is 16.8. The number of ether oxygens (including phenoxy) is 1. The molecule has 1 heterocycles. The Bertz CT molecular complexity index is 537. The topological polar surface area (TPSA) is 84.7 Å². The molecule has 6 nitrogen and oxygen atoms in total. The maximum atomic E-state index is 12.4. The number of rotatable bonds is 5. The highest BCUT2D eigenvalue weighted by atomic mass is 16.5. The van der Waals surface area contributed by atoms with E-state index < -0.39 is 6.10 Å². The molecule has 3 N–H and O–H groups in total. The maximum absolute atomic E-state index is 12.4. The number of amides is 2. The van der Waals surface area contributed by atoms with Crippen LogP contribution in [0, 0.1) is 5.92 Å². The zero-order valence-corrected chi connectivity index (χ0v) is 13.7. The predicted octanol–water partition coefficient (Wildman–Crippen LogP) is 1.24. The summed E-state index contributed by atoms with van der Waals surface area (Å²) in [4.78, 5) is 25.7. The number of hydrazine groups is 1. The van der Waals surface area contributed by atoms with Crippen molar-refractivity contribution in [2.45, 2.75) is 39.2 Å². The van der Waals surface area contributed by atoms with Crippen LogP contribution in [-0.2, 0) is 16.0 Å². The first kappa shape index (κ1) is 17.3. The highest BCUT2D eigenvalue weighted by Crippen LogP contribution is 2.20. The van der Waals surface area contributed by atoms with Gasteiger partial charge >= 0.3 is 0 Å². The molecule has 1 aliphatic rings. The summed E-state index contributed by atoms with van der Waals surface area (Å²) in [5.41, 5.74) is 3.41. The van der Waals surface area contributed by atoms with E-state index in [0.717, 1.165) is 6.42 Å². The van der Waals surface area contributed by atoms with Crippen LogP contribution in [0.3, 0.4) is 0 Å². The average molecular weight is 319 g/mol. The molecule has 1 aromatic carbocycles. The quantitative estimate of drug-likeness (QED) is 0.486. The first-order valence-corrected chi connectivity index (χ1v) is 8.10. The van der Waals surface area contributed by atoms with Gasteiger partial charge in [0, 0.05) is 19.0 Å². The third kappa shape index (κ3) is 4.45. The van der Waals surface area contributed by atoms with Crippen LogP contribution in [0.15, 0.2) is 24.3 Å². The lowest BCUT2D eigenvalue weighted by Gasteiger charge is -2.32. The molecule has 0 radical (unpaired) electrons. The molecule has 0 aliphatic carbocycles. The van der Waals surface area contributed by atoms with E-state index in [1.165, 1.54) is 5.56 Å². The molecule has 1 unspecified atom stereocenters. The second-order valence-corrected chi connectivity index (χ2v) is 5.87. The maximum Gasteiger partial charge on any atom is 0.263 e. The Morgan fingerprint density at radius 1 is 1.30 bits per heavy atom. The molecule has 0 spiro atoms. The molecule has 1 saturated heterocycles. The number of piperidine rings is 1. The third-order valence-corrected chi connectivity index (χ3v) is 4.31. The van der Waals surface area contributed by atoms with Crippen LogP contribution in [0.2, 0.25) is 0 Å².